The van der Waals surface area contributed by atoms with Gasteiger partial charge >= 0.3 is 0 Å². The van der Waals surface area contributed by atoms with Crippen molar-refractivity contribution in [1.29, 1.82) is 0 Å². The molecule has 114 valence electrons. The normalized spacial score (nSPS) is 26.4. The Morgan fingerprint density at radius 1 is 1.27 bits per heavy atom. The fourth-order valence-electron chi connectivity index (χ4n) is 3.45. The molecule has 0 amide bonds. The van der Waals surface area contributed by atoms with Gasteiger partial charge in [0.25, 0.3) is 0 Å². The highest BCUT2D eigenvalue weighted by atomic mass is 16.1. The van der Waals surface area contributed by atoms with Crippen LogP contribution in [0.1, 0.15) is 49.8 Å². The van der Waals surface area contributed by atoms with Gasteiger partial charge in [-0.1, -0.05) is 63.3 Å². The quantitative estimate of drug-likeness (QED) is 0.722. The molecule has 2 atom stereocenters. The maximum atomic E-state index is 10.8. The minimum absolute atomic E-state index is 0.159. The number of rotatable bonds is 3. The van der Waals surface area contributed by atoms with Crippen LogP contribution in [0.5, 0.6) is 0 Å². The molecule has 0 bridgehead atoms. The van der Waals surface area contributed by atoms with Crippen LogP contribution in [0.3, 0.4) is 0 Å². The molecule has 0 fully saturated rings. The Balaban J connectivity index is 2.01. The zero-order valence-corrected chi connectivity index (χ0v) is 13.7. The number of carbonyl (C=O) groups excluding carboxylic acids is 1. The number of allylic oxidation sites excluding steroid dienone is 6. The van der Waals surface area contributed by atoms with E-state index in [1.54, 1.807) is 0 Å². The molecule has 0 spiro atoms. The van der Waals surface area contributed by atoms with Crippen LogP contribution in [0.2, 0.25) is 0 Å². The predicted octanol–water partition coefficient (Wildman–Crippen LogP) is 4.93. The van der Waals surface area contributed by atoms with Gasteiger partial charge in [0.2, 0.25) is 0 Å². The lowest BCUT2D eigenvalue weighted by molar-refractivity contribution is -0.107. The Bertz CT molecular complexity index is 690. The van der Waals surface area contributed by atoms with Crippen molar-refractivity contribution in [2.75, 3.05) is 0 Å². The summed E-state index contributed by atoms with van der Waals surface area (Å²) in [6.45, 7) is 6.81. The van der Waals surface area contributed by atoms with E-state index < -0.39 is 0 Å². The zero-order chi connectivity index (χ0) is 15.7. The van der Waals surface area contributed by atoms with E-state index in [2.05, 4.69) is 63.3 Å². The lowest BCUT2D eigenvalue weighted by atomic mass is 9.78. The Morgan fingerprint density at radius 3 is 2.77 bits per heavy atom. The van der Waals surface area contributed by atoms with E-state index in [-0.39, 0.29) is 5.41 Å². The number of benzene rings is 1. The number of hydrogen-bond donors (Lipinski definition) is 0. The van der Waals surface area contributed by atoms with E-state index in [0.717, 1.165) is 24.7 Å². The lowest BCUT2D eigenvalue weighted by Gasteiger charge is -2.26. The molecule has 22 heavy (non-hydrogen) atoms. The maximum absolute atomic E-state index is 10.8. The van der Waals surface area contributed by atoms with Crippen LogP contribution in [0.4, 0.5) is 0 Å². The average Bonchev–Trinajstić information content (AvgIpc) is 2.69. The number of carbonyl (C=O) groups is 1. The van der Waals surface area contributed by atoms with Crippen LogP contribution in [-0.4, -0.2) is 6.29 Å². The number of aldehydes is 1. The van der Waals surface area contributed by atoms with E-state index >= 15 is 0 Å². The fraction of sp³-hybridized carbons (Fsp3) is 0.381. The van der Waals surface area contributed by atoms with Gasteiger partial charge in [0.1, 0.15) is 6.29 Å². The molecule has 1 aromatic carbocycles. The molecule has 0 aliphatic heterocycles. The van der Waals surface area contributed by atoms with Crippen LogP contribution >= 0.6 is 0 Å². The van der Waals surface area contributed by atoms with Gasteiger partial charge in [-0.15, -0.1) is 0 Å². The van der Waals surface area contributed by atoms with Gasteiger partial charge in [-0.05, 0) is 40.7 Å². The summed E-state index contributed by atoms with van der Waals surface area (Å²) in [5.41, 5.74) is 6.94. The van der Waals surface area contributed by atoms with E-state index in [1.165, 1.54) is 22.3 Å². The highest BCUT2D eigenvalue weighted by Crippen LogP contribution is 2.41. The summed E-state index contributed by atoms with van der Waals surface area (Å²) >= 11 is 0. The van der Waals surface area contributed by atoms with Gasteiger partial charge < -0.3 is 4.79 Å². The smallest absolute Gasteiger partial charge is 0.124 e. The molecular weight excluding hydrogens is 268 g/mol. The summed E-state index contributed by atoms with van der Waals surface area (Å²) in [6, 6.07) is 6.52. The summed E-state index contributed by atoms with van der Waals surface area (Å²) < 4.78 is 0. The molecule has 1 nitrogen and oxygen atoms in total. The molecule has 3 rings (SSSR count). The zero-order valence-electron chi connectivity index (χ0n) is 13.7. The monoisotopic (exact) mass is 292 g/mol. The highest BCUT2D eigenvalue weighted by molar-refractivity contribution is 5.58. The van der Waals surface area contributed by atoms with Crippen LogP contribution in [0.25, 0.3) is 0 Å². The largest absolute Gasteiger partial charge is 0.303 e. The van der Waals surface area contributed by atoms with E-state index in [9.17, 15) is 4.79 Å². The second kappa shape index (κ2) is 5.72. The fourth-order valence-corrected chi connectivity index (χ4v) is 3.45. The molecule has 0 saturated carbocycles. The third kappa shape index (κ3) is 2.61. The van der Waals surface area contributed by atoms with Crippen LogP contribution in [0, 0.1) is 5.41 Å². The van der Waals surface area contributed by atoms with Crippen molar-refractivity contribution in [1.82, 2.24) is 0 Å². The summed E-state index contributed by atoms with van der Waals surface area (Å²) in [7, 11) is 0. The molecule has 0 saturated heterocycles. The molecule has 1 aromatic rings. The molecule has 0 radical (unpaired) electrons. The van der Waals surface area contributed by atoms with Crippen LogP contribution in [-0.2, 0) is 17.6 Å². The van der Waals surface area contributed by atoms with Crippen LogP contribution < -0.4 is 0 Å². The van der Waals surface area contributed by atoms with Crippen molar-refractivity contribution in [2.45, 2.75) is 46.0 Å². The molecule has 0 N–H and O–H groups in total. The molecular formula is C21H24O. The maximum Gasteiger partial charge on any atom is 0.124 e. The topological polar surface area (TPSA) is 17.1 Å². The number of fused-ring (bicyclic) bond motifs is 1. The standard InChI is InChI=1S/C21H24O/c1-4-21(3)10-7-18-14-17-6-5-16(9-12-22)13-20(17)15(2)19(18)8-11-21/h5-8,10-13,15H,4,9,14H2,1-3H3. The Kier molecular flexibility index (Phi) is 3.90. The van der Waals surface area contributed by atoms with Crippen molar-refractivity contribution in [3.05, 3.63) is 70.3 Å². The lowest BCUT2D eigenvalue weighted by Crippen LogP contribution is -2.11. The van der Waals surface area contributed by atoms with Gasteiger partial charge in [0, 0.05) is 17.8 Å². The van der Waals surface area contributed by atoms with Gasteiger partial charge in [-0.3, -0.25) is 0 Å². The first-order chi connectivity index (χ1) is 10.6. The second-order valence-corrected chi connectivity index (χ2v) is 6.81. The molecule has 2 aliphatic rings. The Labute approximate surface area is 133 Å². The SMILES string of the molecule is CCC1(C)C=CC2=C(C=C1)C(C)c1cc(CC=O)ccc1C2. The summed E-state index contributed by atoms with van der Waals surface area (Å²) in [5.74, 6) is 0.394. The Hall–Kier alpha value is -1.89. The summed E-state index contributed by atoms with van der Waals surface area (Å²) in [5, 5.41) is 0. The number of hydrogen-bond acceptors (Lipinski definition) is 1. The van der Waals surface area contributed by atoms with Gasteiger partial charge in [-0.2, -0.15) is 0 Å². The minimum atomic E-state index is 0.159. The van der Waals surface area contributed by atoms with Crippen molar-refractivity contribution in [2.24, 2.45) is 5.41 Å². The third-order valence-corrected chi connectivity index (χ3v) is 5.28. The predicted molar refractivity (Wildman–Crippen MR) is 92.0 cm³/mol. The van der Waals surface area contributed by atoms with Crippen molar-refractivity contribution in [3.8, 4) is 0 Å². The Morgan fingerprint density at radius 2 is 2.05 bits per heavy atom. The van der Waals surface area contributed by atoms with Gasteiger partial charge in [0.05, 0.1) is 0 Å². The minimum Gasteiger partial charge on any atom is -0.303 e. The van der Waals surface area contributed by atoms with Gasteiger partial charge in [-0.25, -0.2) is 0 Å². The molecule has 2 aliphatic carbocycles. The molecule has 0 heterocycles. The summed E-state index contributed by atoms with van der Waals surface area (Å²) in [4.78, 5) is 10.8. The van der Waals surface area contributed by atoms with Gasteiger partial charge in [0.15, 0.2) is 0 Å². The third-order valence-electron chi connectivity index (χ3n) is 5.28. The first kappa shape index (κ1) is 15.0. The average molecular weight is 292 g/mol. The molecule has 0 aromatic heterocycles. The molecule has 2 unspecified atom stereocenters. The van der Waals surface area contributed by atoms with Crippen LogP contribution in [0.15, 0.2) is 53.6 Å². The van der Waals surface area contributed by atoms with E-state index in [0.29, 0.717) is 12.3 Å². The second-order valence-electron chi connectivity index (χ2n) is 6.81. The van der Waals surface area contributed by atoms with E-state index in [1.807, 2.05) is 0 Å². The highest BCUT2D eigenvalue weighted by Gasteiger charge is 2.25. The van der Waals surface area contributed by atoms with Crippen molar-refractivity contribution >= 4 is 6.29 Å². The van der Waals surface area contributed by atoms with Crippen molar-refractivity contribution in [3.63, 3.8) is 0 Å². The summed E-state index contributed by atoms with van der Waals surface area (Å²) in [6.07, 6.45) is 13.0. The van der Waals surface area contributed by atoms with Crippen molar-refractivity contribution < 1.29 is 4.79 Å². The first-order valence-corrected chi connectivity index (χ1v) is 8.23. The van der Waals surface area contributed by atoms with E-state index in [4.69, 9.17) is 0 Å². The first-order valence-electron chi connectivity index (χ1n) is 8.23. The molecule has 1 heteroatoms.